The van der Waals surface area contributed by atoms with Gasteiger partial charge in [-0.2, -0.15) is 0 Å². The average molecular weight is 252 g/mol. The van der Waals surface area contributed by atoms with E-state index in [0.717, 1.165) is 5.56 Å². The highest BCUT2D eigenvalue weighted by Gasteiger charge is 2.11. The number of carbonyl (C=O) groups is 1. The van der Waals surface area contributed by atoms with Crippen LogP contribution in [0.25, 0.3) is 0 Å². The van der Waals surface area contributed by atoms with Gasteiger partial charge in [0, 0.05) is 19.0 Å². The second kappa shape index (κ2) is 7.45. The van der Waals surface area contributed by atoms with E-state index in [9.17, 15) is 9.18 Å². The SMILES string of the molecule is C=CCOC(=O)NC[C@@H](CN)c1ccc(F)cc1. The van der Waals surface area contributed by atoms with Crippen molar-refractivity contribution in [1.82, 2.24) is 5.32 Å². The smallest absolute Gasteiger partial charge is 0.407 e. The Bertz CT molecular complexity index is 392. The Kier molecular flexibility index (Phi) is 5.87. The Hall–Kier alpha value is -1.88. The average Bonchev–Trinajstić information content (AvgIpc) is 2.39. The van der Waals surface area contributed by atoms with Crippen LogP contribution in [-0.2, 0) is 4.74 Å². The first-order valence-corrected chi connectivity index (χ1v) is 5.64. The fourth-order valence-electron chi connectivity index (χ4n) is 1.46. The quantitative estimate of drug-likeness (QED) is 0.758. The lowest BCUT2D eigenvalue weighted by atomic mass is 9.99. The minimum atomic E-state index is -0.518. The van der Waals surface area contributed by atoms with E-state index in [1.807, 2.05) is 0 Å². The van der Waals surface area contributed by atoms with Crippen molar-refractivity contribution in [2.24, 2.45) is 5.73 Å². The molecule has 0 saturated carbocycles. The third kappa shape index (κ3) is 4.55. The molecule has 3 N–H and O–H groups in total. The van der Waals surface area contributed by atoms with Crippen molar-refractivity contribution in [3.8, 4) is 0 Å². The summed E-state index contributed by atoms with van der Waals surface area (Å²) in [5.74, 6) is -0.366. The van der Waals surface area contributed by atoms with Gasteiger partial charge < -0.3 is 15.8 Å². The maximum absolute atomic E-state index is 12.8. The third-order valence-corrected chi connectivity index (χ3v) is 2.45. The molecule has 0 heterocycles. The molecule has 0 spiro atoms. The van der Waals surface area contributed by atoms with E-state index in [0.29, 0.717) is 13.1 Å². The first-order chi connectivity index (χ1) is 8.67. The van der Waals surface area contributed by atoms with Gasteiger partial charge in [0.1, 0.15) is 12.4 Å². The predicted molar refractivity (Wildman–Crippen MR) is 67.7 cm³/mol. The molecular weight excluding hydrogens is 235 g/mol. The van der Waals surface area contributed by atoms with Crippen LogP contribution in [0.5, 0.6) is 0 Å². The molecule has 0 bridgehead atoms. The monoisotopic (exact) mass is 252 g/mol. The molecule has 1 aromatic rings. The van der Waals surface area contributed by atoms with Gasteiger partial charge >= 0.3 is 6.09 Å². The normalized spacial score (nSPS) is 11.7. The van der Waals surface area contributed by atoms with Crippen LogP contribution in [0, 0.1) is 5.82 Å². The lowest BCUT2D eigenvalue weighted by Crippen LogP contribution is -2.32. The Morgan fingerprint density at radius 3 is 2.72 bits per heavy atom. The molecule has 0 aliphatic rings. The number of alkyl carbamates (subject to hydrolysis) is 1. The second-order valence-electron chi connectivity index (χ2n) is 3.75. The van der Waals surface area contributed by atoms with Crippen molar-refractivity contribution < 1.29 is 13.9 Å². The standard InChI is InChI=1S/C13H17FN2O2/c1-2-7-18-13(17)16-9-11(8-15)10-3-5-12(14)6-4-10/h2-6,11H,1,7-9,15H2,(H,16,17)/t11-/m1/s1. The van der Waals surface area contributed by atoms with Gasteiger partial charge in [0.15, 0.2) is 0 Å². The van der Waals surface area contributed by atoms with Crippen LogP contribution < -0.4 is 11.1 Å². The Labute approximate surface area is 106 Å². The summed E-state index contributed by atoms with van der Waals surface area (Å²) in [6, 6.07) is 6.05. The zero-order chi connectivity index (χ0) is 13.4. The van der Waals surface area contributed by atoms with Gasteiger partial charge in [-0.3, -0.25) is 0 Å². The van der Waals surface area contributed by atoms with Gasteiger partial charge in [-0.1, -0.05) is 24.8 Å². The summed E-state index contributed by atoms with van der Waals surface area (Å²) in [6.07, 6.45) is 0.968. The molecule has 0 radical (unpaired) electrons. The lowest BCUT2D eigenvalue weighted by molar-refractivity contribution is 0.157. The fraction of sp³-hybridized carbons (Fsp3) is 0.308. The maximum atomic E-state index is 12.8. The molecule has 1 atom stereocenters. The zero-order valence-electron chi connectivity index (χ0n) is 10.1. The minimum absolute atomic E-state index is 0.0677. The molecule has 1 rings (SSSR count). The van der Waals surface area contributed by atoms with Crippen LogP contribution in [0.3, 0.4) is 0 Å². The van der Waals surface area contributed by atoms with Crippen molar-refractivity contribution in [1.29, 1.82) is 0 Å². The first kappa shape index (κ1) is 14.2. The number of ether oxygens (including phenoxy) is 1. The highest BCUT2D eigenvalue weighted by atomic mass is 19.1. The van der Waals surface area contributed by atoms with E-state index in [-0.39, 0.29) is 18.3 Å². The van der Waals surface area contributed by atoms with Crippen molar-refractivity contribution >= 4 is 6.09 Å². The molecule has 5 heteroatoms. The molecule has 0 fully saturated rings. The largest absolute Gasteiger partial charge is 0.445 e. The van der Waals surface area contributed by atoms with Crippen LogP contribution in [-0.4, -0.2) is 25.8 Å². The van der Waals surface area contributed by atoms with Crippen molar-refractivity contribution in [3.05, 3.63) is 48.3 Å². The van der Waals surface area contributed by atoms with Gasteiger partial charge in [0.05, 0.1) is 0 Å². The zero-order valence-corrected chi connectivity index (χ0v) is 10.1. The minimum Gasteiger partial charge on any atom is -0.445 e. The van der Waals surface area contributed by atoms with Gasteiger partial charge in [0.2, 0.25) is 0 Å². The Morgan fingerprint density at radius 1 is 1.50 bits per heavy atom. The van der Waals surface area contributed by atoms with Crippen LogP contribution in [0.4, 0.5) is 9.18 Å². The number of benzene rings is 1. The molecule has 0 saturated heterocycles. The number of nitrogens with two attached hydrogens (primary N) is 1. The number of amides is 1. The Morgan fingerprint density at radius 2 is 2.17 bits per heavy atom. The maximum Gasteiger partial charge on any atom is 0.407 e. The molecule has 0 unspecified atom stereocenters. The highest BCUT2D eigenvalue weighted by molar-refractivity contribution is 5.67. The molecule has 0 aliphatic heterocycles. The highest BCUT2D eigenvalue weighted by Crippen LogP contribution is 2.14. The van der Waals surface area contributed by atoms with Crippen molar-refractivity contribution in [2.75, 3.05) is 19.7 Å². The van der Waals surface area contributed by atoms with E-state index in [4.69, 9.17) is 10.5 Å². The molecule has 4 nitrogen and oxygen atoms in total. The van der Waals surface area contributed by atoms with Crippen LogP contribution in [0.1, 0.15) is 11.5 Å². The van der Waals surface area contributed by atoms with E-state index in [1.165, 1.54) is 18.2 Å². The molecule has 98 valence electrons. The number of carbonyl (C=O) groups excluding carboxylic acids is 1. The third-order valence-electron chi connectivity index (χ3n) is 2.45. The van der Waals surface area contributed by atoms with Gasteiger partial charge in [0.25, 0.3) is 0 Å². The number of hydrogen-bond acceptors (Lipinski definition) is 3. The van der Waals surface area contributed by atoms with Gasteiger partial charge in [-0.15, -0.1) is 0 Å². The number of rotatable bonds is 6. The first-order valence-electron chi connectivity index (χ1n) is 5.64. The van der Waals surface area contributed by atoms with Gasteiger partial charge in [-0.25, -0.2) is 9.18 Å². The van der Waals surface area contributed by atoms with Crippen LogP contribution in [0.2, 0.25) is 0 Å². The van der Waals surface area contributed by atoms with E-state index in [2.05, 4.69) is 11.9 Å². The second-order valence-corrected chi connectivity index (χ2v) is 3.75. The number of nitrogens with one attached hydrogen (secondary N) is 1. The summed E-state index contributed by atoms with van der Waals surface area (Å²) >= 11 is 0. The summed E-state index contributed by atoms with van der Waals surface area (Å²) in [6.45, 7) is 4.30. The number of hydrogen-bond donors (Lipinski definition) is 2. The van der Waals surface area contributed by atoms with Crippen molar-refractivity contribution in [3.63, 3.8) is 0 Å². The fourth-order valence-corrected chi connectivity index (χ4v) is 1.46. The lowest BCUT2D eigenvalue weighted by Gasteiger charge is -2.15. The summed E-state index contributed by atoms with van der Waals surface area (Å²) in [5.41, 5.74) is 6.50. The Balaban J connectivity index is 2.49. The van der Waals surface area contributed by atoms with E-state index >= 15 is 0 Å². The molecular formula is C13H17FN2O2. The molecule has 0 aromatic heterocycles. The van der Waals surface area contributed by atoms with E-state index in [1.54, 1.807) is 12.1 Å². The molecule has 1 aromatic carbocycles. The van der Waals surface area contributed by atoms with Gasteiger partial charge in [-0.05, 0) is 17.7 Å². The summed E-state index contributed by atoms with van der Waals surface area (Å²) in [5, 5.41) is 2.60. The predicted octanol–water partition coefficient (Wildman–Crippen LogP) is 1.78. The molecule has 0 aliphatic carbocycles. The van der Waals surface area contributed by atoms with E-state index < -0.39 is 6.09 Å². The van der Waals surface area contributed by atoms with Crippen LogP contribution >= 0.6 is 0 Å². The van der Waals surface area contributed by atoms with Crippen LogP contribution in [0.15, 0.2) is 36.9 Å². The summed E-state index contributed by atoms with van der Waals surface area (Å²) in [7, 11) is 0. The molecule has 1 amide bonds. The molecule has 18 heavy (non-hydrogen) atoms. The summed E-state index contributed by atoms with van der Waals surface area (Å²) < 4.78 is 17.5. The number of halogens is 1. The van der Waals surface area contributed by atoms with Crippen molar-refractivity contribution in [2.45, 2.75) is 5.92 Å². The summed E-state index contributed by atoms with van der Waals surface area (Å²) in [4.78, 5) is 11.2. The topological polar surface area (TPSA) is 64.3 Å².